The number of methoxy groups -OCH3 is 1. The second-order valence-electron chi connectivity index (χ2n) is 9.95. The van der Waals surface area contributed by atoms with Gasteiger partial charge in [0.1, 0.15) is 11.8 Å². The topological polar surface area (TPSA) is 116 Å². The van der Waals surface area contributed by atoms with E-state index in [2.05, 4.69) is 34.4 Å². The lowest BCUT2D eigenvalue weighted by molar-refractivity contribution is -0.130. The average molecular weight is 571 g/mol. The predicted molar refractivity (Wildman–Crippen MR) is 163 cm³/mol. The number of amides is 3. The second kappa shape index (κ2) is 14.4. The Morgan fingerprint density at radius 1 is 1.02 bits per heavy atom. The van der Waals surface area contributed by atoms with Crippen LogP contribution >= 0.6 is 0 Å². The summed E-state index contributed by atoms with van der Waals surface area (Å²) in [6, 6.07) is 19.3. The average Bonchev–Trinajstić information content (AvgIpc) is 3.12. The van der Waals surface area contributed by atoms with E-state index in [0.29, 0.717) is 35.9 Å². The molecule has 0 aliphatic carbocycles. The van der Waals surface area contributed by atoms with E-state index >= 15 is 0 Å². The van der Waals surface area contributed by atoms with E-state index in [-0.39, 0.29) is 18.2 Å². The molecule has 0 radical (unpaired) electrons. The first kappa shape index (κ1) is 30.4. The van der Waals surface area contributed by atoms with Gasteiger partial charge in [0.2, 0.25) is 18.0 Å². The predicted octanol–water partition coefficient (Wildman–Crippen LogP) is 2.81. The van der Waals surface area contributed by atoms with Crippen LogP contribution in [0.25, 0.3) is 0 Å². The number of carbonyl (C=O) groups is 3. The lowest BCUT2D eigenvalue weighted by Gasteiger charge is -2.28. The maximum absolute atomic E-state index is 14.0. The minimum absolute atomic E-state index is 0.0976. The molecular weight excluding hydrogens is 532 g/mol. The molecule has 0 bridgehead atoms. The summed E-state index contributed by atoms with van der Waals surface area (Å²) in [5.41, 5.74) is 3.33. The molecule has 1 aliphatic rings. The Kier molecular flexibility index (Phi) is 10.4. The van der Waals surface area contributed by atoms with Crippen molar-refractivity contribution in [2.45, 2.75) is 39.4 Å². The van der Waals surface area contributed by atoms with Gasteiger partial charge in [-0.2, -0.15) is 0 Å². The highest BCUT2D eigenvalue weighted by Crippen LogP contribution is 2.27. The number of hydrogen-bond acceptors (Lipinski definition) is 7. The number of pyridine rings is 1. The monoisotopic (exact) mass is 570 g/mol. The SMILES string of the molecule is CCN(CC)CCN1C(=O)C(NC(=O)[C@H](C)NC(=O)Cc2ccc(OC)cc2)N=C(c2ccccn2)c2ccccc21. The highest BCUT2D eigenvalue weighted by Gasteiger charge is 2.34. The molecule has 10 heteroatoms. The highest BCUT2D eigenvalue weighted by molar-refractivity contribution is 6.19. The van der Waals surface area contributed by atoms with E-state index in [1.807, 2.05) is 42.5 Å². The Bertz CT molecular complexity index is 1410. The van der Waals surface area contributed by atoms with Crippen molar-refractivity contribution >= 4 is 29.1 Å². The third-order valence-corrected chi connectivity index (χ3v) is 7.22. The quantitative estimate of drug-likeness (QED) is 0.346. The van der Waals surface area contributed by atoms with Crippen molar-refractivity contribution in [3.8, 4) is 5.75 Å². The number of nitrogens with zero attached hydrogens (tertiary/aromatic N) is 4. The van der Waals surface area contributed by atoms with Crippen LogP contribution < -0.4 is 20.3 Å². The van der Waals surface area contributed by atoms with Gasteiger partial charge in [0.15, 0.2) is 0 Å². The number of likely N-dealkylation sites (N-methyl/N-ethyl adjacent to an activating group) is 1. The third-order valence-electron chi connectivity index (χ3n) is 7.22. The number of ether oxygens (including phenoxy) is 1. The summed E-state index contributed by atoms with van der Waals surface area (Å²) in [7, 11) is 1.58. The van der Waals surface area contributed by atoms with Gasteiger partial charge < -0.3 is 25.2 Å². The zero-order valence-electron chi connectivity index (χ0n) is 24.5. The number of nitrogens with one attached hydrogen (secondary N) is 2. The van der Waals surface area contributed by atoms with Gasteiger partial charge in [0, 0.05) is 24.8 Å². The van der Waals surface area contributed by atoms with Crippen LogP contribution in [0.2, 0.25) is 0 Å². The van der Waals surface area contributed by atoms with Crippen LogP contribution in [-0.2, 0) is 20.8 Å². The number of hydrogen-bond donors (Lipinski definition) is 2. The van der Waals surface area contributed by atoms with Crippen LogP contribution in [0, 0.1) is 0 Å². The summed E-state index contributed by atoms with van der Waals surface area (Å²) in [5.74, 6) is -0.499. The molecule has 220 valence electrons. The Labute approximate surface area is 246 Å². The molecule has 0 saturated carbocycles. The van der Waals surface area contributed by atoms with Crippen molar-refractivity contribution < 1.29 is 19.1 Å². The molecule has 0 saturated heterocycles. The molecule has 2 N–H and O–H groups in total. The van der Waals surface area contributed by atoms with Crippen molar-refractivity contribution in [1.29, 1.82) is 0 Å². The van der Waals surface area contributed by atoms with Crippen molar-refractivity contribution in [2.24, 2.45) is 4.99 Å². The number of anilines is 1. The molecule has 1 aliphatic heterocycles. The van der Waals surface area contributed by atoms with E-state index in [9.17, 15) is 14.4 Å². The van der Waals surface area contributed by atoms with Crippen LogP contribution in [0.15, 0.2) is 77.9 Å². The molecular formula is C32H38N6O4. The fourth-order valence-electron chi connectivity index (χ4n) is 4.79. The van der Waals surface area contributed by atoms with Crippen LogP contribution in [0.5, 0.6) is 5.75 Å². The maximum atomic E-state index is 14.0. The number of para-hydroxylation sites is 1. The highest BCUT2D eigenvalue weighted by atomic mass is 16.5. The molecule has 4 rings (SSSR count). The molecule has 2 atom stereocenters. The van der Waals surface area contributed by atoms with Crippen molar-refractivity contribution in [2.75, 3.05) is 38.2 Å². The molecule has 3 amide bonds. The summed E-state index contributed by atoms with van der Waals surface area (Å²) in [6.07, 6.45) is 0.555. The minimum atomic E-state index is -1.21. The first-order valence-electron chi connectivity index (χ1n) is 14.2. The second-order valence-corrected chi connectivity index (χ2v) is 9.95. The fourth-order valence-corrected chi connectivity index (χ4v) is 4.79. The van der Waals surface area contributed by atoms with E-state index in [1.54, 1.807) is 49.4 Å². The van der Waals surface area contributed by atoms with Crippen LogP contribution in [0.4, 0.5) is 5.69 Å². The Morgan fingerprint density at radius 2 is 1.74 bits per heavy atom. The third kappa shape index (κ3) is 7.38. The van der Waals surface area contributed by atoms with Crippen molar-refractivity contribution in [1.82, 2.24) is 20.5 Å². The van der Waals surface area contributed by atoms with Gasteiger partial charge >= 0.3 is 0 Å². The number of carbonyl (C=O) groups excluding carboxylic acids is 3. The molecule has 42 heavy (non-hydrogen) atoms. The Morgan fingerprint density at radius 3 is 2.40 bits per heavy atom. The molecule has 1 unspecified atom stereocenters. The molecule has 0 spiro atoms. The van der Waals surface area contributed by atoms with Gasteiger partial charge in [0.05, 0.1) is 30.6 Å². The largest absolute Gasteiger partial charge is 0.497 e. The molecule has 10 nitrogen and oxygen atoms in total. The maximum Gasteiger partial charge on any atom is 0.272 e. The normalized spacial score (nSPS) is 15.4. The lowest BCUT2D eigenvalue weighted by atomic mass is 10.0. The standard InChI is InChI=1S/C32H38N6O4/c1-5-37(6-2)19-20-38-27-13-8-7-11-25(27)29(26-12-9-10-18-33-26)35-30(32(38)41)36-31(40)22(3)34-28(39)21-23-14-16-24(42-4)17-15-23/h7-18,22,30H,5-6,19-21H2,1-4H3,(H,34,39)(H,36,40)/t22-,30?/m0/s1. The first-order chi connectivity index (χ1) is 20.3. The molecule has 0 fully saturated rings. The fraction of sp³-hybridized carbons (Fsp3) is 0.344. The molecule has 1 aromatic heterocycles. The van der Waals surface area contributed by atoms with E-state index in [4.69, 9.17) is 9.73 Å². The van der Waals surface area contributed by atoms with Crippen LogP contribution in [0.3, 0.4) is 0 Å². The van der Waals surface area contributed by atoms with Gasteiger partial charge in [-0.3, -0.25) is 19.4 Å². The van der Waals surface area contributed by atoms with Gasteiger partial charge in [-0.15, -0.1) is 0 Å². The minimum Gasteiger partial charge on any atom is -0.497 e. The van der Waals surface area contributed by atoms with E-state index in [1.165, 1.54) is 0 Å². The first-order valence-corrected chi connectivity index (χ1v) is 14.2. The van der Waals surface area contributed by atoms with E-state index in [0.717, 1.165) is 24.2 Å². The smallest absolute Gasteiger partial charge is 0.272 e. The van der Waals surface area contributed by atoms with Crippen LogP contribution in [-0.4, -0.2) is 78.8 Å². The van der Waals surface area contributed by atoms with Gasteiger partial charge in [-0.25, -0.2) is 4.99 Å². The van der Waals surface area contributed by atoms with E-state index < -0.39 is 18.1 Å². The molecule has 2 heterocycles. The zero-order valence-corrected chi connectivity index (χ0v) is 24.5. The number of benzene rings is 2. The summed E-state index contributed by atoms with van der Waals surface area (Å²) in [4.78, 5) is 53.2. The Hall–Kier alpha value is -4.57. The zero-order chi connectivity index (χ0) is 30.1. The van der Waals surface area contributed by atoms with Crippen molar-refractivity contribution in [3.05, 3.63) is 89.7 Å². The Balaban J connectivity index is 1.57. The number of fused-ring (bicyclic) bond motifs is 1. The molecule has 2 aromatic carbocycles. The molecule has 3 aromatic rings. The lowest BCUT2D eigenvalue weighted by Crippen LogP contribution is -2.53. The summed E-state index contributed by atoms with van der Waals surface area (Å²) in [6.45, 7) is 8.52. The van der Waals surface area contributed by atoms with Gasteiger partial charge in [-0.05, 0) is 55.9 Å². The number of aliphatic imine (C=N–C) groups is 1. The number of benzodiazepines with no additional fused rings is 1. The van der Waals surface area contributed by atoms with Crippen molar-refractivity contribution in [3.63, 3.8) is 0 Å². The van der Waals surface area contributed by atoms with Gasteiger partial charge in [-0.1, -0.05) is 50.2 Å². The van der Waals surface area contributed by atoms with Crippen LogP contribution in [0.1, 0.15) is 37.6 Å². The summed E-state index contributed by atoms with van der Waals surface area (Å²) < 4.78 is 5.16. The number of rotatable bonds is 12. The summed E-state index contributed by atoms with van der Waals surface area (Å²) in [5, 5.41) is 5.51. The van der Waals surface area contributed by atoms with Gasteiger partial charge in [0.25, 0.3) is 5.91 Å². The summed E-state index contributed by atoms with van der Waals surface area (Å²) >= 11 is 0. The number of aromatic nitrogens is 1.